The smallest absolute Gasteiger partial charge is 0.238 e. The summed E-state index contributed by atoms with van der Waals surface area (Å²) in [6.45, 7) is 1.85. The van der Waals surface area contributed by atoms with Gasteiger partial charge in [-0.3, -0.25) is 4.21 Å². The Kier molecular flexibility index (Phi) is 4.71. The van der Waals surface area contributed by atoms with Crippen LogP contribution in [0.4, 0.5) is 11.4 Å². The summed E-state index contributed by atoms with van der Waals surface area (Å²) < 4.78 is 33.6. The summed E-state index contributed by atoms with van der Waals surface area (Å²) in [4.78, 5) is -0.0465. The van der Waals surface area contributed by atoms with Crippen LogP contribution >= 0.6 is 0 Å². The Labute approximate surface area is 109 Å². The van der Waals surface area contributed by atoms with E-state index in [0.29, 0.717) is 17.1 Å². The Balaban J connectivity index is 2.97. The van der Waals surface area contributed by atoms with Gasteiger partial charge in [-0.05, 0) is 25.1 Å². The predicted molar refractivity (Wildman–Crippen MR) is 74.2 cm³/mol. The fraction of sp³-hybridized carbons (Fsp3) is 0.400. The van der Waals surface area contributed by atoms with Gasteiger partial charge in [-0.1, -0.05) is 0 Å². The van der Waals surface area contributed by atoms with Gasteiger partial charge >= 0.3 is 0 Å². The number of hydrogen-bond acceptors (Lipinski definition) is 5. The third-order valence-electron chi connectivity index (χ3n) is 2.16. The highest BCUT2D eigenvalue weighted by molar-refractivity contribution is 7.89. The molecule has 18 heavy (non-hydrogen) atoms. The lowest BCUT2D eigenvalue weighted by atomic mass is 10.2. The van der Waals surface area contributed by atoms with Gasteiger partial charge in [0.25, 0.3) is 0 Å². The molecule has 0 aliphatic rings. The minimum absolute atomic E-state index is 0.0465. The predicted octanol–water partition coefficient (Wildman–Crippen LogP) is 0.0951. The summed E-state index contributed by atoms with van der Waals surface area (Å²) >= 11 is 0. The topological polar surface area (TPSA) is 115 Å². The molecule has 0 spiro atoms. The first-order valence-electron chi connectivity index (χ1n) is 5.18. The summed E-state index contributed by atoms with van der Waals surface area (Å²) in [5.41, 5.74) is 6.45. The molecule has 0 bridgehead atoms. The molecule has 0 aliphatic heterocycles. The second kappa shape index (κ2) is 5.68. The van der Waals surface area contributed by atoms with Crippen molar-refractivity contribution in [3.63, 3.8) is 0 Å². The van der Waals surface area contributed by atoms with Gasteiger partial charge in [0, 0.05) is 40.2 Å². The Bertz CT molecular complexity index is 557. The van der Waals surface area contributed by atoms with Crippen molar-refractivity contribution in [3.8, 4) is 0 Å². The van der Waals surface area contributed by atoms with Gasteiger partial charge in [-0.15, -0.1) is 0 Å². The van der Waals surface area contributed by atoms with Crippen LogP contribution in [0.3, 0.4) is 0 Å². The molecular weight excluding hydrogens is 274 g/mol. The van der Waals surface area contributed by atoms with Crippen molar-refractivity contribution in [2.24, 2.45) is 5.14 Å². The maximum Gasteiger partial charge on any atom is 0.238 e. The third kappa shape index (κ3) is 4.63. The van der Waals surface area contributed by atoms with Crippen molar-refractivity contribution >= 4 is 32.2 Å². The second-order valence-corrected chi connectivity index (χ2v) is 7.16. The molecule has 5 N–H and O–H groups in total. The van der Waals surface area contributed by atoms with E-state index >= 15 is 0 Å². The lowest BCUT2D eigenvalue weighted by Crippen LogP contribution is -2.22. The fourth-order valence-electron chi connectivity index (χ4n) is 1.55. The highest BCUT2D eigenvalue weighted by atomic mass is 32.2. The van der Waals surface area contributed by atoms with Gasteiger partial charge in [-0.2, -0.15) is 0 Å². The standard InChI is InChI=1S/C10H17N3O3S2/c1-7(6-17(2)14)13-9-3-8(11)4-10(5-9)18(12,15)16/h3-5,7,13H,6,11H2,1-2H3,(H2,12,15,16). The first-order chi connectivity index (χ1) is 8.18. The molecule has 0 saturated heterocycles. The molecule has 8 heteroatoms. The van der Waals surface area contributed by atoms with E-state index in [0.717, 1.165) is 0 Å². The van der Waals surface area contributed by atoms with Gasteiger partial charge in [0.05, 0.1) is 4.90 Å². The van der Waals surface area contributed by atoms with Crippen molar-refractivity contribution in [3.05, 3.63) is 18.2 Å². The molecule has 6 nitrogen and oxygen atoms in total. The van der Waals surface area contributed by atoms with Gasteiger partial charge in [0.15, 0.2) is 0 Å². The zero-order chi connectivity index (χ0) is 13.9. The number of nitrogens with two attached hydrogens (primary N) is 2. The highest BCUT2D eigenvalue weighted by Gasteiger charge is 2.11. The van der Waals surface area contributed by atoms with Crippen molar-refractivity contribution < 1.29 is 12.6 Å². The van der Waals surface area contributed by atoms with E-state index in [1.54, 1.807) is 12.3 Å². The third-order valence-corrected chi connectivity index (χ3v) is 4.02. The molecule has 2 unspecified atom stereocenters. The quantitative estimate of drug-likeness (QED) is 0.665. The van der Waals surface area contributed by atoms with E-state index in [1.165, 1.54) is 12.1 Å². The van der Waals surface area contributed by atoms with E-state index in [1.807, 2.05) is 6.92 Å². The number of rotatable bonds is 5. The number of anilines is 2. The lowest BCUT2D eigenvalue weighted by Gasteiger charge is -2.15. The van der Waals surface area contributed by atoms with Gasteiger partial charge in [-0.25, -0.2) is 13.6 Å². The maximum atomic E-state index is 11.2. The monoisotopic (exact) mass is 291 g/mol. The Hall–Kier alpha value is -1.12. The average molecular weight is 291 g/mol. The minimum atomic E-state index is -3.79. The average Bonchev–Trinajstić information content (AvgIpc) is 2.13. The zero-order valence-corrected chi connectivity index (χ0v) is 11.8. The maximum absolute atomic E-state index is 11.2. The molecule has 0 radical (unpaired) electrons. The van der Waals surface area contributed by atoms with Crippen LogP contribution < -0.4 is 16.2 Å². The van der Waals surface area contributed by atoms with Crippen LogP contribution in [0, 0.1) is 0 Å². The number of sulfonamides is 1. The number of nitrogen functional groups attached to an aromatic ring is 1. The summed E-state index contributed by atoms with van der Waals surface area (Å²) in [6, 6.07) is 4.24. The lowest BCUT2D eigenvalue weighted by molar-refractivity contribution is 0.598. The van der Waals surface area contributed by atoms with E-state index in [4.69, 9.17) is 10.9 Å². The molecule has 0 heterocycles. The van der Waals surface area contributed by atoms with Crippen LogP contribution in [0.15, 0.2) is 23.1 Å². The fourth-order valence-corrected chi connectivity index (χ4v) is 2.93. The zero-order valence-electron chi connectivity index (χ0n) is 10.2. The molecule has 102 valence electrons. The van der Waals surface area contributed by atoms with Crippen molar-refractivity contribution in [1.29, 1.82) is 0 Å². The summed E-state index contributed by atoms with van der Waals surface area (Å²) in [5, 5.41) is 8.08. The number of primary sulfonamides is 1. The molecule has 1 aromatic rings. The normalized spacial score (nSPS) is 15.1. The van der Waals surface area contributed by atoms with Crippen LogP contribution in [-0.2, 0) is 20.8 Å². The Morgan fingerprint density at radius 1 is 1.39 bits per heavy atom. The molecule has 0 saturated carbocycles. The number of nitrogens with one attached hydrogen (secondary N) is 1. The van der Waals surface area contributed by atoms with Gasteiger partial charge in [0.2, 0.25) is 10.0 Å². The number of hydrogen-bond donors (Lipinski definition) is 3. The van der Waals surface area contributed by atoms with Crippen molar-refractivity contribution in [1.82, 2.24) is 0 Å². The van der Waals surface area contributed by atoms with Crippen LogP contribution in [0.1, 0.15) is 6.92 Å². The van der Waals surface area contributed by atoms with Crippen molar-refractivity contribution in [2.75, 3.05) is 23.1 Å². The van der Waals surface area contributed by atoms with E-state index in [9.17, 15) is 12.6 Å². The molecule has 2 atom stereocenters. The van der Waals surface area contributed by atoms with Crippen LogP contribution in [0.25, 0.3) is 0 Å². The molecule has 1 rings (SSSR count). The Morgan fingerprint density at radius 3 is 2.50 bits per heavy atom. The minimum Gasteiger partial charge on any atom is -0.399 e. The van der Waals surface area contributed by atoms with Crippen LogP contribution in [0.5, 0.6) is 0 Å². The molecule has 0 aromatic heterocycles. The van der Waals surface area contributed by atoms with Crippen LogP contribution in [0.2, 0.25) is 0 Å². The molecule has 0 aliphatic carbocycles. The van der Waals surface area contributed by atoms with E-state index in [2.05, 4.69) is 5.32 Å². The van der Waals surface area contributed by atoms with Gasteiger partial charge < -0.3 is 11.1 Å². The summed E-state index contributed by atoms with van der Waals surface area (Å²) in [7, 11) is -4.72. The molecule has 0 amide bonds. The van der Waals surface area contributed by atoms with E-state index < -0.39 is 20.8 Å². The molecule has 1 aromatic carbocycles. The van der Waals surface area contributed by atoms with Crippen LogP contribution in [-0.4, -0.2) is 30.7 Å². The second-order valence-electron chi connectivity index (χ2n) is 4.12. The van der Waals surface area contributed by atoms with E-state index in [-0.39, 0.29) is 10.9 Å². The first kappa shape index (κ1) is 14.9. The SMILES string of the molecule is CC(CS(C)=O)Nc1cc(N)cc(S(N)(=O)=O)c1. The molecule has 0 fully saturated rings. The number of benzene rings is 1. The first-order valence-corrected chi connectivity index (χ1v) is 8.46. The van der Waals surface area contributed by atoms with Crippen molar-refractivity contribution in [2.45, 2.75) is 17.9 Å². The Morgan fingerprint density at radius 2 is 2.00 bits per heavy atom. The summed E-state index contributed by atoms with van der Waals surface area (Å²) in [6.07, 6.45) is 1.60. The highest BCUT2D eigenvalue weighted by Crippen LogP contribution is 2.20. The summed E-state index contributed by atoms with van der Waals surface area (Å²) in [5.74, 6) is 0.458. The molecular formula is C10H17N3O3S2. The largest absolute Gasteiger partial charge is 0.399 e. The van der Waals surface area contributed by atoms with Gasteiger partial charge in [0.1, 0.15) is 0 Å².